The van der Waals surface area contributed by atoms with E-state index in [0.717, 1.165) is 15.6 Å². The molecule has 1 aliphatic heterocycles. The van der Waals surface area contributed by atoms with Crippen LogP contribution in [-0.2, 0) is 16.1 Å². The number of halogens is 3. The Morgan fingerprint density at radius 1 is 1.13 bits per heavy atom. The molecule has 0 saturated carbocycles. The zero-order chi connectivity index (χ0) is 27.1. The van der Waals surface area contributed by atoms with Gasteiger partial charge in [-0.1, -0.05) is 63.4 Å². The molecule has 0 saturated heterocycles. The van der Waals surface area contributed by atoms with Gasteiger partial charge in [0.25, 0.3) is 5.91 Å². The molecular weight excluding hydrogens is 591 g/mol. The highest BCUT2D eigenvalue weighted by molar-refractivity contribution is 9.10. The van der Waals surface area contributed by atoms with Gasteiger partial charge in [0.05, 0.1) is 16.7 Å². The molecule has 1 heterocycles. The van der Waals surface area contributed by atoms with Crippen molar-refractivity contribution in [3.05, 3.63) is 111 Å². The van der Waals surface area contributed by atoms with Crippen molar-refractivity contribution in [2.45, 2.75) is 31.0 Å². The summed E-state index contributed by atoms with van der Waals surface area (Å²) in [5.41, 5.74) is 1.05. The van der Waals surface area contributed by atoms with E-state index in [1.54, 1.807) is 18.2 Å². The highest BCUT2D eigenvalue weighted by Crippen LogP contribution is 2.43. The van der Waals surface area contributed by atoms with Crippen LogP contribution in [-0.4, -0.2) is 35.7 Å². The standard InChI is InChI=1S/C29H27BrCl2N2O4/c1-2-14-29(28(36)33-18-19-4-13-24(31)25(32)17-19)26(20-5-9-22(30)10-6-20)38-27(34-29)21-7-11-23(12-8-21)37-16-3-15-35/h2,4-13,17,26,35H,1,3,14-16,18H2,(H,33,36)/t26-,29-/m1/s1. The lowest BCUT2D eigenvalue weighted by Gasteiger charge is -2.29. The molecule has 0 spiro atoms. The molecule has 0 radical (unpaired) electrons. The third-order valence-corrected chi connectivity index (χ3v) is 7.36. The Morgan fingerprint density at radius 2 is 1.87 bits per heavy atom. The van der Waals surface area contributed by atoms with E-state index in [9.17, 15) is 4.79 Å². The molecule has 9 heteroatoms. The van der Waals surface area contributed by atoms with Gasteiger partial charge in [-0.25, -0.2) is 4.99 Å². The van der Waals surface area contributed by atoms with Gasteiger partial charge in [0.15, 0.2) is 11.6 Å². The average molecular weight is 618 g/mol. The molecule has 1 aliphatic rings. The van der Waals surface area contributed by atoms with Gasteiger partial charge in [-0.15, -0.1) is 6.58 Å². The first-order valence-electron chi connectivity index (χ1n) is 12.1. The maximum absolute atomic E-state index is 13.9. The smallest absolute Gasteiger partial charge is 0.252 e. The average Bonchev–Trinajstić information content (AvgIpc) is 3.31. The Hall–Kier alpha value is -2.84. The van der Waals surface area contributed by atoms with Crippen molar-refractivity contribution in [2.75, 3.05) is 13.2 Å². The van der Waals surface area contributed by atoms with Crippen LogP contribution in [0.25, 0.3) is 0 Å². The van der Waals surface area contributed by atoms with Gasteiger partial charge in [-0.3, -0.25) is 4.79 Å². The van der Waals surface area contributed by atoms with Crippen molar-refractivity contribution >= 4 is 50.9 Å². The largest absolute Gasteiger partial charge is 0.494 e. The zero-order valence-corrected chi connectivity index (χ0v) is 23.6. The van der Waals surface area contributed by atoms with Gasteiger partial charge in [0.1, 0.15) is 5.75 Å². The van der Waals surface area contributed by atoms with Gasteiger partial charge in [-0.05, 0) is 59.7 Å². The monoisotopic (exact) mass is 616 g/mol. The Bertz CT molecular complexity index is 1320. The molecule has 0 unspecified atom stereocenters. The summed E-state index contributed by atoms with van der Waals surface area (Å²) < 4.78 is 12.9. The number of rotatable bonds is 11. The van der Waals surface area contributed by atoms with E-state index in [4.69, 9.17) is 42.8 Å². The number of aliphatic hydroxyl groups is 1. The number of carbonyl (C=O) groups excluding carboxylic acids is 1. The Balaban J connectivity index is 1.66. The maximum Gasteiger partial charge on any atom is 0.252 e. The number of aliphatic imine (C=N–C) groups is 1. The molecule has 198 valence electrons. The number of aliphatic hydroxyl groups excluding tert-OH is 1. The Kier molecular flexibility index (Phi) is 9.49. The van der Waals surface area contributed by atoms with Gasteiger partial charge >= 0.3 is 0 Å². The van der Waals surface area contributed by atoms with Gasteiger partial charge in [-0.2, -0.15) is 0 Å². The first kappa shape index (κ1) is 28.2. The molecule has 2 atom stereocenters. The summed E-state index contributed by atoms with van der Waals surface area (Å²) in [4.78, 5) is 18.7. The number of ether oxygens (including phenoxy) is 2. The van der Waals surface area contributed by atoms with Crippen molar-refractivity contribution in [3.63, 3.8) is 0 Å². The lowest BCUT2D eigenvalue weighted by Crippen LogP contribution is -2.47. The normalized spacial score (nSPS) is 18.4. The van der Waals surface area contributed by atoms with Crippen LogP contribution in [0.2, 0.25) is 10.0 Å². The van der Waals surface area contributed by atoms with Crippen LogP contribution in [0.4, 0.5) is 0 Å². The van der Waals surface area contributed by atoms with Crippen LogP contribution in [0, 0.1) is 0 Å². The molecule has 6 nitrogen and oxygen atoms in total. The summed E-state index contributed by atoms with van der Waals surface area (Å²) in [7, 11) is 0. The van der Waals surface area contributed by atoms with Crippen LogP contribution in [0.1, 0.15) is 35.6 Å². The molecule has 3 aromatic rings. The van der Waals surface area contributed by atoms with E-state index in [1.807, 2.05) is 54.6 Å². The summed E-state index contributed by atoms with van der Waals surface area (Å²) in [5.74, 6) is 0.726. The highest BCUT2D eigenvalue weighted by Gasteiger charge is 2.52. The van der Waals surface area contributed by atoms with Crippen LogP contribution in [0.5, 0.6) is 5.75 Å². The third kappa shape index (κ3) is 6.41. The predicted octanol–water partition coefficient (Wildman–Crippen LogP) is 6.67. The number of amides is 1. The second kappa shape index (κ2) is 12.8. The van der Waals surface area contributed by atoms with Crippen molar-refractivity contribution < 1.29 is 19.4 Å². The maximum atomic E-state index is 13.9. The summed E-state index contributed by atoms with van der Waals surface area (Å²) in [6.07, 6.45) is 1.80. The van der Waals surface area contributed by atoms with E-state index < -0.39 is 11.6 Å². The number of nitrogens with zero attached hydrogens (tertiary/aromatic N) is 1. The molecule has 38 heavy (non-hydrogen) atoms. The summed E-state index contributed by atoms with van der Waals surface area (Å²) in [5, 5.41) is 12.8. The summed E-state index contributed by atoms with van der Waals surface area (Å²) >= 11 is 15.7. The third-order valence-electron chi connectivity index (χ3n) is 6.10. The van der Waals surface area contributed by atoms with E-state index >= 15 is 0 Å². The van der Waals surface area contributed by atoms with Crippen LogP contribution in [0.3, 0.4) is 0 Å². The molecular formula is C29H27BrCl2N2O4. The van der Waals surface area contributed by atoms with Crippen LogP contribution >= 0.6 is 39.1 Å². The summed E-state index contributed by atoms with van der Waals surface area (Å²) in [6.45, 7) is 4.63. The fourth-order valence-electron chi connectivity index (χ4n) is 4.16. The minimum Gasteiger partial charge on any atom is -0.494 e. The first-order valence-corrected chi connectivity index (χ1v) is 13.6. The molecule has 3 aromatic carbocycles. The quantitative estimate of drug-likeness (QED) is 0.186. The van der Waals surface area contributed by atoms with Crippen molar-refractivity contribution in [1.29, 1.82) is 0 Å². The number of hydrogen-bond donors (Lipinski definition) is 2. The zero-order valence-electron chi connectivity index (χ0n) is 20.5. The van der Waals surface area contributed by atoms with E-state index in [0.29, 0.717) is 40.3 Å². The van der Waals surface area contributed by atoms with Gasteiger partial charge in [0, 0.05) is 36.0 Å². The minimum absolute atomic E-state index is 0.0681. The van der Waals surface area contributed by atoms with Crippen molar-refractivity contribution in [2.24, 2.45) is 4.99 Å². The van der Waals surface area contributed by atoms with Crippen molar-refractivity contribution in [1.82, 2.24) is 5.32 Å². The molecule has 0 aromatic heterocycles. The lowest BCUT2D eigenvalue weighted by atomic mass is 9.84. The second-order valence-electron chi connectivity index (χ2n) is 8.76. The van der Waals surface area contributed by atoms with Crippen LogP contribution < -0.4 is 10.1 Å². The number of carbonyl (C=O) groups is 1. The number of nitrogens with one attached hydrogen (secondary N) is 1. The predicted molar refractivity (Wildman–Crippen MR) is 154 cm³/mol. The highest BCUT2D eigenvalue weighted by atomic mass is 79.9. The molecule has 0 fully saturated rings. The lowest BCUT2D eigenvalue weighted by molar-refractivity contribution is -0.129. The number of hydrogen-bond acceptors (Lipinski definition) is 5. The van der Waals surface area contributed by atoms with Crippen LogP contribution in [0.15, 0.2) is 88.9 Å². The molecule has 2 N–H and O–H groups in total. The van der Waals surface area contributed by atoms with Crippen molar-refractivity contribution in [3.8, 4) is 5.75 Å². The SMILES string of the molecule is C=CC[C@@]1(C(=O)NCc2ccc(Cl)c(Cl)c2)N=C(c2ccc(OCCCO)cc2)O[C@@H]1c1ccc(Br)cc1. The fourth-order valence-corrected chi connectivity index (χ4v) is 4.74. The molecule has 0 aliphatic carbocycles. The van der Waals surface area contributed by atoms with E-state index in [1.165, 1.54) is 0 Å². The topological polar surface area (TPSA) is 80.2 Å². The second-order valence-corrected chi connectivity index (χ2v) is 10.5. The summed E-state index contributed by atoms with van der Waals surface area (Å²) in [6, 6.07) is 20.2. The minimum atomic E-state index is -1.28. The Labute approximate surface area is 240 Å². The number of benzene rings is 3. The Morgan fingerprint density at radius 3 is 2.53 bits per heavy atom. The fraction of sp³-hybridized carbons (Fsp3) is 0.241. The first-order chi connectivity index (χ1) is 18.4. The molecule has 0 bridgehead atoms. The van der Waals surface area contributed by atoms with E-state index in [-0.39, 0.29) is 25.5 Å². The van der Waals surface area contributed by atoms with Gasteiger partial charge in [0.2, 0.25) is 5.90 Å². The van der Waals surface area contributed by atoms with E-state index in [2.05, 4.69) is 27.8 Å². The molecule has 1 amide bonds. The van der Waals surface area contributed by atoms with Gasteiger partial charge < -0.3 is 19.9 Å². The molecule has 4 rings (SSSR count).